The molecule has 0 radical (unpaired) electrons. The lowest BCUT2D eigenvalue weighted by Crippen LogP contribution is -2.34. The maximum atomic E-state index is 12.9. The predicted molar refractivity (Wildman–Crippen MR) is 155 cm³/mol. The van der Waals surface area contributed by atoms with Crippen molar-refractivity contribution >= 4 is 16.7 Å². The summed E-state index contributed by atoms with van der Waals surface area (Å²) in [5.41, 5.74) is 2.80. The van der Waals surface area contributed by atoms with Gasteiger partial charge in [0.15, 0.2) is 17.1 Å². The molecule has 0 atom stereocenters. The van der Waals surface area contributed by atoms with E-state index >= 15 is 0 Å². The fourth-order valence-electron chi connectivity index (χ4n) is 5.40. The Morgan fingerprint density at radius 3 is 2.36 bits per heavy atom. The van der Waals surface area contributed by atoms with Gasteiger partial charge in [-0.25, -0.2) is 0 Å². The molecule has 1 aliphatic rings. The van der Waals surface area contributed by atoms with E-state index in [0.29, 0.717) is 17.1 Å². The summed E-state index contributed by atoms with van der Waals surface area (Å²) in [4.78, 5) is 17.7. The number of benzene rings is 3. The number of rotatable bonds is 9. The minimum atomic E-state index is -0.511. The summed E-state index contributed by atoms with van der Waals surface area (Å²) in [5, 5.41) is 10.9. The molecule has 3 aromatic carbocycles. The number of hydrogen-bond donors (Lipinski definition) is 1. The fraction of sp³-hybridized carbons (Fsp3) is 0.344. The molecule has 1 saturated heterocycles. The molecule has 5 rings (SSSR count). The molecule has 0 amide bonds. The zero-order chi connectivity index (χ0) is 27.4. The van der Waals surface area contributed by atoms with Gasteiger partial charge in [0, 0.05) is 31.4 Å². The summed E-state index contributed by atoms with van der Waals surface area (Å²) >= 11 is 0. The second kappa shape index (κ2) is 11.8. The van der Waals surface area contributed by atoms with Gasteiger partial charge >= 0.3 is 0 Å². The first kappa shape index (κ1) is 26.6. The number of likely N-dealkylation sites (tertiary alicyclic amines) is 1. The first-order chi connectivity index (χ1) is 19.0. The number of aromatic hydroxyl groups is 1. The van der Waals surface area contributed by atoms with E-state index < -0.39 is 11.2 Å². The third-order valence-corrected chi connectivity index (χ3v) is 7.78. The third-order valence-electron chi connectivity index (χ3n) is 7.78. The Balaban J connectivity index is 1.23. The number of piperidine rings is 1. The summed E-state index contributed by atoms with van der Waals surface area (Å²) in [6, 6.07) is 21.6. The molecule has 39 heavy (non-hydrogen) atoms. The van der Waals surface area contributed by atoms with Gasteiger partial charge in [0.05, 0.1) is 19.6 Å². The first-order valence-corrected chi connectivity index (χ1v) is 13.5. The second-order valence-corrected chi connectivity index (χ2v) is 10.2. The lowest BCUT2D eigenvalue weighted by atomic mass is 9.93. The SMILES string of the molecule is COc1ccc2c(=O)c(O)c(-c3ccc(N(C)CCC4CCN(Cc5ccccc5)CC4)cc3)oc2c1OC. The molecule has 0 spiro atoms. The van der Waals surface area contributed by atoms with E-state index in [9.17, 15) is 9.90 Å². The van der Waals surface area contributed by atoms with Crippen molar-refractivity contribution in [2.24, 2.45) is 5.92 Å². The van der Waals surface area contributed by atoms with Crippen molar-refractivity contribution in [2.45, 2.75) is 25.8 Å². The number of nitrogens with zero attached hydrogens (tertiary/aromatic N) is 2. The van der Waals surface area contributed by atoms with Gasteiger partial charge in [0.1, 0.15) is 0 Å². The Morgan fingerprint density at radius 1 is 0.974 bits per heavy atom. The van der Waals surface area contributed by atoms with Crippen LogP contribution in [-0.2, 0) is 6.54 Å². The smallest absolute Gasteiger partial charge is 0.235 e. The topological polar surface area (TPSA) is 75.4 Å². The van der Waals surface area contributed by atoms with Crippen LogP contribution in [0, 0.1) is 5.92 Å². The second-order valence-electron chi connectivity index (χ2n) is 10.2. The van der Waals surface area contributed by atoms with E-state index in [1.165, 1.54) is 32.6 Å². The number of methoxy groups -OCH3 is 2. The van der Waals surface area contributed by atoms with Gasteiger partial charge < -0.3 is 23.9 Å². The van der Waals surface area contributed by atoms with Gasteiger partial charge in [-0.05, 0) is 80.2 Å². The Bertz CT molecular complexity index is 1460. The Labute approximate surface area is 229 Å². The van der Waals surface area contributed by atoms with E-state index in [-0.39, 0.29) is 16.7 Å². The molecule has 204 valence electrons. The average Bonchev–Trinajstić information content (AvgIpc) is 2.98. The van der Waals surface area contributed by atoms with E-state index in [2.05, 4.69) is 47.2 Å². The van der Waals surface area contributed by atoms with E-state index in [1.54, 1.807) is 12.1 Å². The lowest BCUT2D eigenvalue weighted by molar-refractivity contribution is 0.173. The molecule has 7 heteroatoms. The van der Waals surface area contributed by atoms with Crippen molar-refractivity contribution in [3.05, 3.63) is 82.5 Å². The van der Waals surface area contributed by atoms with Gasteiger partial charge in [-0.1, -0.05) is 30.3 Å². The van der Waals surface area contributed by atoms with Gasteiger partial charge in [-0.3, -0.25) is 9.69 Å². The minimum absolute atomic E-state index is 0.107. The molecule has 1 aromatic heterocycles. The van der Waals surface area contributed by atoms with Crippen molar-refractivity contribution in [3.8, 4) is 28.6 Å². The van der Waals surface area contributed by atoms with Gasteiger partial charge in [0.25, 0.3) is 0 Å². The standard InChI is InChI=1S/C32H36N2O5/c1-33(18-15-22-16-19-34(20-17-22)21-23-7-5-4-6-8-23)25-11-9-24(10-12-25)30-29(36)28(35)26-13-14-27(37-2)32(38-3)31(26)39-30/h4-14,22,36H,15-21H2,1-3H3. The van der Waals surface area contributed by atoms with Crippen molar-refractivity contribution in [1.29, 1.82) is 0 Å². The number of fused-ring (bicyclic) bond motifs is 1. The molecule has 0 saturated carbocycles. The summed E-state index contributed by atoms with van der Waals surface area (Å²) < 4.78 is 16.8. The van der Waals surface area contributed by atoms with E-state index in [1.807, 2.05) is 24.3 Å². The molecular weight excluding hydrogens is 492 g/mol. The quantitative estimate of drug-likeness (QED) is 0.289. The Kier molecular flexibility index (Phi) is 8.07. The fourth-order valence-corrected chi connectivity index (χ4v) is 5.40. The largest absolute Gasteiger partial charge is 0.502 e. The highest BCUT2D eigenvalue weighted by molar-refractivity contribution is 5.88. The molecule has 1 N–H and O–H groups in total. The number of hydrogen-bond acceptors (Lipinski definition) is 7. The van der Waals surface area contributed by atoms with Crippen molar-refractivity contribution < 1.29 is 19.0 Å². The molecule has 2 heterocycles. The maximum Gasteiger partial charge on any atom is 0.235 e. The normalized spacial score (nSPS) is 14.4. The average molecular weight is 529 g/mol. The Morgan fingerprint density at radius 2 is 1.69 bits per heavy atom. The molecule has 0 unspecified atom stereocenters. The van der Waals surface area contributed by atoms with Crippen LogP contribution in [0.2, 0.25) is 0 Å². The van der Waals surface area contributed by atoms with Crippen LogP contribution < -0.4 is 19.8 Å². The molecule has 1 fully saturated rings. The van der Waals surface area contributed by atoms with Gasteiger partial charge in [-0.15, -0.1) is 0 Å². The van der Waals surface area contributed by atoms with Crippen LogP contribution in [0.25, 0.3) is 22.3 Å². The van der Waals surface area contributed by atoms with Gasteiger partial charge in [-0.2, -0.15) is 0 Å². The van der Waals surface area contributed by atoms with Crippen LogP contribution in [0.3, 0.4) is 0 Å². The highest BCUT2D eigenvalue weighted by Gasteiger charge is 2.22. The van der Waals surface area contributed by atoms with E-state index in [0.717, 1.165) is 44.2 Å². The van der Waals surface area contributed by atoms with Crippen LogP contribution >= 0.6 is 0 Å². The zero-order valence-electron chi connectivity index (χ0n) is 22.9. The molecule has 0 aliphatic carbocycles. The van der Waals surface area contributed by atoms with Crippen molar-refractivity contribution in [3.63, 3.8) is 0 Å². The van der Waals surface area contributed by atoms with Gasteiger partial charge in [0.2, 0.25) is 16.9 Å². The predicted octanol–water partition coefficient (Wildman–Crippen LogP) is 5.92. The van der Waals surface area contributed by atoms with Crippen molar-refractivity contribution in [1.82, 2.24) is 4.90 Å². The molecule has 1 aliphatic heterocycles. The van der Waals surface area contributed by atoms with Crippen LogP contribution in [0.15, 0.2) is 75.9 Å². The summed E-state index contributed by atoms with van der Waals surface area (Å²) in [6.07, 6.45) is 3.61. The Hall–Kier alpha value is -3.97. The monoisotopic (exact) mass is 528 g/mol. The van der Waals surface area contributed by atoms with Crippen molar-refractivity contribution in [2.75, 3.05) is 45.8 Å². The molecule has 7 nitrogen and oxygen atoms in total. The first-order valence-electron chi connectivity index (χ1n) is 13.5. The zero-order valence-corrected chi connectivity index (χ0v) is 22.9. The molecule has 0 bridgehead atoms. The maximum absolute atomic E-state index is 12.9. The highest BCUT2D eigenvalue weighted by Crippen LogP contribution is 2.39. The third kappa shape index (κ3) is 5.73. The number of ether oxygens (including phenoxy) is 2. The summed E-state index contributed by atoms with van der Waals surface area (Å²) in [6.45, 7) is 4.30. The minimum Gasteiger partial charge on any atom is -0.502 e. The highest BCUT2D eigenvalue weighted by atomic mass is 16.5. The molecule has 4 aromatic rings. The summed E-state index contributed by atoms with van der Waals surface area (Å²) in [5.74, 6) is 1.18. The number of anilines is 1. The summed E-state index contributed by atoms with van der Waals surface area (Å²) in [7, 11) is 5.11. The molecular formula is C32H36N2O5. The van der Waals surface area contributed by atoms with Crippen LogP contribution in [0.5, 0.6) is 17.2 Å². The van der Waals surface area contributed by atoms with Crippen LogP contribution in [0.4, 0.5) is 5.69 Å². The lowest BCUT2D eigenvalue weighted by Gasteiger charge is -2.33. The van der Waals surface area contributed by atoms with Crippen LogP contribution in [-0.4, -0.2) is 50.9 Å². The van der Waals surface area contributed by atoms with E-state index in [4.69, 9.17) is 13.9 Å². The van der Waals surface area contributed by atoms with Crippen LogP contribution in [0.1, 0.15) is 24.8 Å².